The first-order chi connectivity index (χ1) is 15.6. The maximum atomic E-state index is 13.5. The van der Waals surface area contributed by atoms with E-state index < -0.39 is 0 Å². The van der Waals surface area contributed by atoms with Crippen LogP contribution in [0.15, 0.2) is 66.7 Å². The lowest BCUT2D eigenvalue weighted by Gasteiger charge is -2.35. The van der Waals surface area contributed by atoms with Crippen molar-refractivity contribution in [3.8, 4) is 0 Å². The maximum Gasteiger partial charge on any atom is 0.254 e. The maximum absolute atomic E-state index is 13.5. The van der Waals surface area contributed by atoms with Gasteiger partial charge in [0, 0.05) is 51.0 Å². The molecule has 0 N–H and O–H groups in total. The molecule has 0 aliphatic carbocycles. The number of carbonyl (C=O) groups excluding carboxylic acids is 2. The number of piperidine rings is 1. The van der Waals surface area contributed by atoms with Gasteiger partial charge in [-0.1, -0.05) is 54.6 Å². The number of carbonyl (C=O) groups is 2. The number of hydrogen-bond acceptors (Lipinski definition) is 3. The van der Waals surface area contributed by atoms with Crippen molar-refractivity contribution in [1.82, 2.24) is 9.80 Å². The fourth-order valence-corrected chi connectivity index (χ4v) is 5.08. The topological polar surface area (TPSA) is 43.9 Å². The highest BCUT2D eigenvalue weighted by Crippen LogP contribution is 2.28. The summed E-state index contributed by atoms with van der Waals surface area (Å²) in [6.07, 6.45) is 1.70. The smallest absolute Gasteiger partial charge is 0.254 e. The number of rotatable bonds is 2. The Hall–Kier alpha value is -3.34. The Labute approximate surface area is 189 Å². The minimum absolute atomic E-state index is 0.0280. The predicted octanol–water partition coefficient (Wildman–Crippen LogP) is 4.17. The molecule has 2 aliphatic rings. The van der Waals surface area contributed by atoms with Crippen molar-refractivity contribution in [1.29, 1.82) is 0 Å². The van der Waals surface area contributed by atoms with Crippen LogP contribution in [-0.4, -0.2) is 54.8 Å². The number of hydrogen-bond donors (Lipinski definition) is 0. The van der Waals surface area contributed by atoms with Gasteiger partial charge >= 0.3 is 0 Å². The minimum Gasteiger partial charge on any atom is -0.373 e. The van der Waals surface area contributed by atoms with E-state index in [2.05, 4.69) is 24.1 Å². The van der Waals surface area contributed by atoms with Crippen LogP contribution in [0.5, 0.6) is 0 Å². The number of likely N-dealkylation sites (N-methyl/N-ethyl adjacent to an activating group) is 1. The van der Waals surface area contributed by atoms with E-state index in [9.17, 15) is 9.59 Å². The molecule has 2 amide bonds. The second-order valence-corrected chi connectivity index (χ2v) is 8.93. The number of benzene rings is 3. The standard InChI is InChI=1S/C27H29N3O2/c1-28-16-17-30(18-21-9-3-5-14-25(21)28)26(31)22-11-7-15-29(19-22)27(32)24-13-6-10-20-8-2-4-12-23(20)24/h2-6,8-10,12-14,22H,7,11,15-19H2,1H3. The zero-order valence-corrected chi connectivity index (χ0v) is 18.5. The molecule has 0 aromatic heterocycles. The van der Waals surface area contributed by atoms with Crippen LogP contribution in [0.3, 0.4) is 0 Å². The summed E-state index contributed by atoms with van der Waals surface area (Å²) in [6, 6.07) is 22.2. The first kappa shape index (κ1) is 20.6. The highest BCUT2D eigenvalue weighted by atomic mass is 16.2. The molecule has 1 atom stereocenters. The van der Waals surface area contributed by atoms with Gasteiger partial charge in [-0.2, -0.15) is 0 Å². The summed E-state index contributed by atoms with van der Waals surface area (Å²) in [4.78, 5) is 33.0. The molecule has 0 saturated carbocycles. The molecule has 1 fully saturated rings. The Kier molecular flexibility index (Phi) is 5.56. The van der Waals surface area contributed by atoms with Gasteiger partial charge in [-0.15, -0.1) is 0 Å². The highest BCUT2D eigenvalue weighted by molar-refractivity contribution is 6.07. The van der Waals surface area contributed by atoms with Crippen LogP contribution < -0.4 is 4.90 Å². The van der Waals surface area contributed by atoms with Crippen LogP contribution >= 0.6 is 0 Å². The number of nitrogens with zero attached hydrogens (tertiary/aromatic N) is 3. The molecular formula is C27H29N3O2. The first-order valence-electron chi connectivity index (χ1n) is 11.5. The van der Waals surface area contributed by atoms with Crippen molar-refractivity contribution in [2.24, 2.45) is 5.92 Å². The van der Waals surface area contributed by atoms with Crippen LogP contribution in [0, 0.1) is 5.92 Å². The molecule has 164 valence electrons. The summed E-state index contributed by atoms with van der Waals surface area (Å²) in [5.74, 6) is 0.0593. The molecule has 0 spiro atoms. The van der Waals surface area contributed by atoms with E-state index in [1.165, 1.54) is 11.3 Å². The zero-order chi connectivity index (χ0) is 22.1. The van der Waals surface area contributed by atoms with Crippen LogP contribution in [0.2, 0.25) is 0 Å². The second kappa shape index (κ2) is 8.65. The van der Waals surface area contributed by atoms with E-state index in [0.29, 0.717) is 26.2 Å². The monoisotopic (exact) mass is 427 g/mol. The van der Waals surface area contributed by atoms with E-state index in [0.717, 1.165) is 35.7 Å². The summed E-state index contributed by atoms with van der Waals surface area (Å²) in [5.41, 5.74) is 3.10. The average Bonchev–Trinajstić information content (AvgIpc) is 3.02. The average molecular weight is 428 g/mol. The number of para-hydroxylation sites is 1. The molecule has 2 aliphatic heterocycles. The van der Waals surface area contributed by atoms with Crippen molar-refractivity contribution >= 4 is 28.3 Å². The third-order valence-corrected chi connectivity index (χ3v) is 6.86. The van der Waals surface area contributed by atoms with E-state index in [4.69, 9.17) is 0 Å². The predicted molar refractivity (Wildman–Crippen MR) is 128 cm³/mol. The SMILES string of the molecule is CN1CCN(C(=O)C2CCCN(C(=O)c3cccc4ccccc34)C2)Cc2ccccc21. The van der Waals surface area contributed by atoms with Crippen LogP contribution in [0.1, 0.15) is 28.8 Å². The minimum atomic E-state index is -0.141. The summed E-state index contributed by atoms with van der Waals surface area (Å²) < 4.78 is 0. The van der Waals surface area contributed by atoms with Gasteiger partial charge in [0.2, 0.25) is 5.91 Å². The Balaban J connectivity index is 1.34. The van der Waals surface area contributed by atoms with Gasteiger partial charge in [-0.3, -0.25) is 9.59 Å². The number of amides is 2. The van der Waals surface area contributed by atoms with Gasteiger partial charge in [0.1, 0.15) is 0 Å². The molecule has 3 aromatic rings. The fourth-order valence-electron chi connectivity index (χ4n) is 5.08. The van der Waals surface area contributed by atoms with Crippen LogP contribution in [0.4, 0.5) is 5.69 Å². The lowest BCUT2D eigenvalue weighted by atomic mass is 9.95. The quantitative estimate of drug-likeness (QED) is 0.617. The molecule has 1 unspecified atom stereocenters. The van der Waals surface area contributed by atoms with Crippen molar-refractivity contribution in [3.05, 3.63) is 77.9 Å². The summed E-state index contributed by atoms with van der Waals surface area (Å²) in [7, 11) is 2.08. The van der Waals surface area contributed by atoms with E-state index in [1.54, 1.807) is 0 Å². The summed E-state index contributed by atoms with van der Waals surface area (Å²) in [5, 5.41) is 2.04. The molecule has 2 heterocycles. The first-order valence-corrected chi connectivity index (χ1v) is 11.5. The van der Waals surface area contributed by atoms with Crippen molar-refractivity contribution < 1.29 is 9.59 Å². The van der Waals surface area contributed by atoms with Crippen molar-refractivity contribution in [2.75, 3.05) is 38.1 Å². The number of fused-ring (bicyclic) bond motifs is 2. The van der Waals surface area contributed by atoms with Gasteiger partial charge in [-0.25, -0.2) is 0 Å². The Morgan fingerprint density at radius 2 is 1.62 bits per heavy atom. The van der Waals surface area contributed by atoms with Crippen LogP contribution in [0.25, 0.3) is 10.8 Å². The molecule has 1 saturated heterocycles. The molecule has 5 heteroatoms. The van der Waals surface area contributed by atoms with Crippen LogP contribution in [-0.2, 0) is 11.3 Å². The molecule has 0 bridgehead atoms. The highest BCUT2D eigenvalue weighted by Gasteiger charge is 2.33. The largest absolute Gasteiger partial charge is 0.373 e. The molecule has 32 heavy (non-hydrogen) atoms. The van der Waals surface area contributed by atoms with Gasteiger partial charge in [-0.05, 0) is 41.3 Å². The number of anilines is 1. The molecule has 5 rings (SSSR count). The Bertz CT molecular complexity index is 1150. The van der Waals surface area contributed by atoms with E-state index >= 15 is 0 Å². The van der Waals surface area contributed by atoms with E-state index in [1.807, 2.05) is 64.4 Å². The summed E-state index contributed by atoms with van der Waals surface area (Å²) in [6.45, 7) is 3.35. The van der Waals surface area contributed by atoms with Gasteiger partial charge in [0.25, 0.3) is 5.91 Å². The van der Waals surface area contributed by atoms with E-state index in [-0.39, 0.29) is 17.7 Å². The van der Waals surface area contributed by atoms with Gasteiger partial charge in [0.15, 0.2) is 0 Å². The second-order valence-electron chi connectivity index (χ2n) is 8.93. The summed E-state index contributed by atoms with van der Waals surface area (Å²) >= 11 is 0. The van der Waals surface area contributed by atoms with Gasteiger partial charge < -0.3 is 14.7 Å². The lowest BCUT2D eigenvalue weighted by Crippen LogP contribution is -2.47. The van der Waals surface area contributed by atoms with Crippen molar-refractivity contribution in [3.63, 3.8) is 0 Å². The fraction of sp³-hybridized carbons (Fsp3) is 0.333. The molecule has 5 nitrogen and oxygen atoms in total. The molecule has 3 aromatic carbocycles. The lowest BCUT2D eigenvalue weighted by molar-refractivity contribution is -0.137. The van der Waals surface area contributed by atoms with Gasteiger partial charge in [0.05, 0.1) is 5.92 Å². The van der Waals surface area contributed by atoms with Crippen molar-refractivity contribution in [2.45, 2.75) is 19.4 Å². The molecule has 0 radical (unpaired) electrons. The Morgan fingerprint density at radius 3 is 2.53 bits per heavy atom. The molecular weight excluding hydrogens is 398 g/mol. The number of likely N-dealkylation sites (tertiary alicyclic amines) is 1. The third-order valence-electron chi connectivity index (χ3n) is 6.86. The zero-order valence-electron chi connectivity index (χ0n) is 18.5. The Morgan fingerprint density at radius 1 is 0.844 bits per heavy atom. The normalized spacial score (nSPS) is 18.9. The third kappa shape index (κ3) is 3.83.